The van der Waals surface area contributed by atoms with Gasteiger partial charge in [-0.2, -0.15) is 0 Å². The summed E-state index contributed by atoms with van der Waals surface area (Å²) in [6.07, 6.45) is 4.30. The Labute approximate surface area is 136 Å². The van der Waals surface area contributed by atoms with Crippen molar-refractivity contribution in [3.63, 3.8) is 0 Å². The SMILES string of the molecule is Cc1ccc2nc(-c3cccc([N+](=O)[O-])c3)c(C=CC(=O)O)n2c1. The molecule has 0 aliphatic carbocycles. The molecule has 0 amide bonds. The number of nitrogens with zero attached hydrogens (tertiary/aromatic N) is 3. The van der Waals surface area contributed by atoms with Crippen LogP contribution in [0, 0.1) is 17.0 Å². The number of carbonyl (C=O) groups is 1. The van der Waals surface area contributed by atoms with Gasteiger partial charge in [0.25, 0.3) is 5.69 Å². The first kappa shape index (κ1) is 15.4. The Hall–Kier alpha value is -3.48. The molecule has 2 heterocycles. The van der Waals surface area contributed by atoms with Crippen molar-refractivity contribution in [3.8, 4) is 11.3 Å². The number of non-ortho nitro benzene ring substituents is 1. The van der Waals surface area contributed by atoms with Gasteiger partial charge in [-0.3, -0.25) is 14.5 Å². The predicted molar refractivity (Wildman–Crippen MR) is 88.7 cm³/mol. The van der Waals surface area contributed by atoms with Gasteiger partial charge in [0.2, 0.25) is 0 Å². The van der Waals surface area contributed by atoms with Crippen molar-refractivity contribution < 1.29 is 14.8 Å². The van der Waals surface area contributed by atoms with Crippen molar-refractivity contribution >= 4 is 23.4 Å². The van der Waals surface area contributed by atoms with Crippen LogP contribution >= 0.6 is 0 Å². The zero-order chi connectivity index (χ0) is 17.3. The molecule has 1 N–H and O–H groups in total. The minimum Gasteiger partial charge on any atom is -0.478 e. The molecule has 120 valence electrons. The Kier molecular flexibility index (Phi) is 3.83. The Morgan fingerprint density at radius 3 is 2.83 bits per heavy atom. The number of carboxylic acids is 1. The van der Waals surface area contributed by atoms with Crippen molar-refractivity contribution in [2.75, 3.05) is 0 Å². The number of fused-ring (bicyclic) bond motifs is 1. The van der Waals surface area contributed by atoms with Crippen LogP contribution in [-0.2, 0) is 4.79 Å². The van der Waals surface area contributed by atoms with Crippen LogP contribution in [0.5, 0.6) is 0 Å². The van der Waals surface area contributed by atoms with E-state index in [0.29, 0.717) is 22.6 Å². The normalized spacial score (nSPS) is 11.2. The smallest absolute Gasteiger partial charge is 0.328 e. The maximum absolute atomic E-state index is 11.0. The lowest BCUT2D eigenvalue weighted by molar-refractivity contribution is -0.384. The van der Waals surface area contributed by atoms with Gasteiger partial charge in [0.05, 0.1) is 16.3 Å². The Bertz CT molecular complexity index is 989. The largest absolute Gasteiger partial charge is 0.478 e. The van der Waals surface area contributed by atoms with Crippen LogP contribution in [0.1, 0.15) is 11.3 Å². The van der Waals surface area contributed by atoms with Gasteiger partial charge in [-0.25, -0.2) is 9.78 Å². The van der Waals surface area contributed by atoms with E-state index in [2.05, 4.69) is 4.98 Å². The second kappa shape index (κ2) is 5.96. The third kappa shape index (κ3) is 2.87. The van der Waals surface area contributed by atoms with Crippen LogP contribution < -0.4 is 0 Å². The number of pyridine rings is 1. The summed E-state index contributed by atoms with van der Waals surface area (Å²) in [4.78, 5) is 25.9. The topological polar surface area (TPSA) is 97.7 Å². The van der Waals surface area contributed by atoms with Crippen molar-refractivity contribution in [3.05, 3.63) is 70.0 Å². The fraction of sp³-hybridized carbons (Fsp3) is 0.0588. The number of aryl methyl sites for hydroxylation is 1. The van der Waals surface area contributed by atoms with Gasteiger partial charge in [-0.05, 0) is 24.6 Å². The van der Waals surface area contributed by atoms with E-state index < -0.39 is 10.9 Å². The van der Waals surface area contributed by atoms with E-state index >= 15 is 0 Å². The molecule has 0 radical (unpaired) electrons. The molecule has 1 aromatic carbocycles. The number of hydrogen-bond acceptors (Lipinski definition) is 4. The lowest BCUT2D eigenvalue weighted by Gasteiger charge is -2.01. The lowest BCUT2D eigenvalue weighted by atomic mass is 10.1. The molecule has 0 fully saturated rings. The third-order valence-electron chi connectivity index (χ3n) is 3.52. The molecule has 7 nitrogen and oxygen atoms in total. The molecule has 0 saturated carbocycles. The van der Waals surface area contributed by atoms with E-state index in [1.54, 1.807) is 16.5 Å². The van der Waals surface area contributed by atoms with Gasteiger partial charge in [0.1, 0.15) is 5.65 Å². The number of benzene rings is 1. The summed E-state index contributed by atoms with van der Waals surface area (Å²) in [5, 5.41) is 19.9. The van der Waals surface area contributed by atoms with Crippen LogP contribution in [0.4, 0.5) is 5.69 Å². The summed E-state index contributed by atoms with van der Waals surface area (Å²) >= 11 is 0. The average Bonchev–Trinajstić information content (AvgIpc) is 2.90. The zero-order valence-electron chi connectivity index (χ0n) is 12.7. The lowest BCUT2D eigenvalue weighted by Crippen LogP contribution is -1.92. The summed E-state index contributed by atoms with van der Waals surface area (Å²) in [5.74, 6) is -1.08. The highest BCUT2D eigenvalue weighted by Crippen LogP contribution is 2.28. The highest BCUT2D eigenvalue weighted by molar-refractivity contribution is 5.87. The number of rotatable bonds is 4. The standard InChI is InChI=1S/C17H13N3O4/c1-11-5-7-15-18-17(12-3-2-4-13(9-12)20(23)24)14(19(15)10-11)6-8-16(21)22/h2-10H,1H3,(H,21,22). The highest BCUT2D eigenvalue weighted by atomic mass is 16.6. The summed E-state index contributed by atoms with van der Waals surface area (Å²) < 4.78 is 1.77. The second-order valence-corrected chi connectivity index (χ2v) is 5.26. The Morgan fingerprint density at radius 1 is 1.33 bits per heavy atom. The molecule has 0 aliphatic rings. The van der Waals surface area contributed by atoms with Crippen LogP contribution in [0.25, 0.3) is 23.0 Å². The van der Waals surface area contributed by atoms with Gasteiger partial charge in [0.15, 0.2) is 0 Å². The van der Waals surface area contributed by atoms with E-state index in [4.69, 9.17) is 5.11 Å². The maximum atomic E-state index is 11.0. The summed E-state index contributed by atoms with van der Waals surface area (Å²) in [5.41, 5.74) is 3.16. The first-order valence-corrected chi connectivity index (χ1v) is 7.10. The summed E-state index contributed by atoms with van der Waals surface area (Å²) in [6, 6.07) is 9.81. The fourth-order valence-corrected chi connectivity index (χ4v) is 2.46. The molecule has 2 aromatic heterocycles. The number of carboxylic acid groups (broad SMARTS) is 1. The summed E-state index contributed by atoms with van der Waals surface area (Å²) in [6.45, 7) is 1.91. The molecule has 0 aliphatic heterocycles. The molecule has 0 unspecified atom stereocenters. The number of hydrogen-bond donors (Lipinski definition) is 1. The quantitative estimate of drug-likeness (QED) is 0.451. The fourth-order valence-electron chi connectivity index (χ4n) is 2.46. The monoisotopic (exact) mass is 323 g/mol. The van der Waals surface area contributed by atoms with E-state index in [1.807, 2.05) is 25.3 Å². The molecule has 0 atom stereocenters. The van der Waals surface area contributed by atoms with E-state index in [9.17, 15) is 14.9 Å². The Balaban J connectivity index is 2.27. The maximum Gasteiger partial charge on any atom is 0.328 e. The zero-order valence-corrected chi connectivity index (χ0v) is 12.7. The van der Waals surface area contributed by atoms with E-state index in [1.165, 1.54) is 18.2 Å². The first-order valence-electron chi connectivity index (χ1n) is 7.10. The van der Waals surface area contributed by atoms with Gasteiger partial charge in [-0.15, -0.1) is 0 Å². The second-order valence-electron chi connectivity index (χ2n) is 5.26. The number of aromatic nitrogens is 2. The molecule has 0 bridgehead atoms. The number of nitro benzene ring substituents is 1. The molecule has 3 rings (SSSR count). The molecule has 7 heteroatoms. The molecule has 3 aromatic rings. The van der Waals surface area contributed by atoms with Gasteiger partial charge >= 0.3 is 5.97 Å². The first-order chi connectivity index (χ1) is 11.5. The van der Waals surface area contributed by atoms with Crippen molar-refractivity contribution in [1.82, 2.24) is 9.38 Å². The minimum absolute atomic E-state index is 0.0473. The molecular formula is C17H13N3O4. The van der Waals surface area contributed by atoms with Gasteiger partial charge < -0.3 is 5.11 Å². The van der Waals surface area contributed by atoms with Gasteiger partial charge in [0, 0.05) is 30.0 Å². The predicted octanol–water partition coefficient (Wildman–Crippen LogP) is 3.32. The number of nitro groups is 1. The molecule has 24 heavy (non-hydrogen) atoms. The molecular weight excluding hydrogens is 310 g/mol. The van der Waals surface area contributed by atoms with Crippen LogP contribution in [0.15, 0.2) is 48.7 Å². The number of imidazole rings is 1. The Morgan fingerprint density at radius 2 is 2.12 bits per heavy atom. The van der Waals surface area contributed by atoms with Crippen molar-refractivity contribution in [2.45, 2.75) is 6.92 Å². The number of aliphatic carboxylic acids is 1. The average molecular weight is 323 g/mol. The van der Waals surface area contributed by atoms with Crippen LogP contribution in [0.2, 0.25) is 0 Å². The minimum atomic E-state index is -1.08. The van der Waals surface area contributed by atoms with E-state index in [0.717, 1.165) is 11.6 Å². The summed E-state index contributed by atoms with van der Waals surface area (Å²) in [7, 11) is 0. The highest BCUT2D eigenvalue weighted by Gasteiger charge is 2.15. The van der Waals surface area contributed by atoms with Crippen molar-refractivity contribution in [2.24, 2.45) is 0 Å². The van der Waals surface area contributed by atoms with Crippen molar-refractivity contribution in [1.29, 1.82) is 0 Å². The molecule has 0 saturated heterocycles. The van der Waals surface area contributed by atoms with Crippen LogP contribution in [-0.4, -0.2) is 25.4 Å². The third-order valence-corrected chi connectivity index (χ3v) is 3.52. The van der Waals surface area contributed by atoms with Gasteiger partial charge in [-0.1, -0.05) is 18.2 Å². The van der Waals surface area contributed by atoms with Crippen LogP contribution in [0.3, 0.4) is 0 Å². The molecule has 0 spiro atoms. The van der Waals surface area contributed by atoms with E-state index in [-0.39, 0.29) is 5.69 Å².